The number of likely N-dealkylation sites (N-methyl/N-ethyl adjacent to an activating group) is 1. The third-order valence-corrected chi connectivity index (χ3v) is 6.72. The van der Waals surface area contributed by atoms with Crippen molar-refractivity contribution >= 4 is 34.3 Å². The van der Waals surface area contributed by atoms with Crippen molar-refractivity contribution in [2.75, 3.05) is 43.4 Å². The number of amides is 1. The number of rotatable bonds is 5. The Morgan fingerprint density at radius 1 is 1.09 bits per heavy atom. The van der Waals surface area contributed by atoms with Gasteiger partial charge in [-0.1, -0.05) is 12.8 Å². The molecule has 2 fully saturated rings. The maximum absolute atomic E-state index is 13.1. The van der Waals surface area contributed by atoms with Crippen molar-refractivity contribution in [3.63, 3.8) is 0 Å². The molecule has 2 aliphatic rings. The van der Waals surface area contributed by atoms with Gasteiger partial charge in [-0.05, 0) is 50.2 Å². The fourth-order valence-electron chi connectivity index (χ4n) is 4.81. The molecule has 1 amide bonds. The molecular weight excluding hydrogens is 418 g/mol. The highest BCUT2D eigenvalue weighted by Crippen LogP contribution is 2.31. The number of nitrogens with zero attached hydrogens (tertiary/aromatic N) is 5. The van der Waals surface area contributed by atoms with Crippen molar-refractivity contribution in [1.29, 1.82) is 0 Å². The van der Waals surface area contributed by atoms with Crippen LogP contribution in [0.5, 0.6) is 0 Å². The van der Waals surface area contributed by atoms with Crippen LogP contribution in [0, 0.1) is 0 Å². The van der Waals surface area contributed by atoms with Crippen molar-refractivity contribution in [3.05, 3.63) is 52.4 Å². The van der Waals surface area contributed by atoms with Gasteiger partial charge in [0, 0.05) is 55.2 Å². The number of benzene rings is 1. The summed E-state index contributed by atoms with van der Waals surface area (Å²) in [4.78, 5) is 38.7. The quantitative estimate of drug-likeness (QED) is 0.618. The molecule has 3 aromatic rings. The zero-order valence-corrected chi connectivity index (χ0v) is 18.8. The molecule has 33 heavy (non-hydrogen) atoms. The van der Waals surface area contributed by atoms with Gasteiger partial charge in [0.1, 0.15) is 11.2 Å². The number of carbonyl (C=O) groups excluding carboxylic acids is 1. The van der Waals surface area contributed by atoms with Crippen molar-refractivity contribution in [1.82, 2.24) is 19.4 Å². The van der Waals surface area contributed by atoms with Gasteiger partial charge in [-0.3, -0.25) is 14.2 Å². The highest BCUT2D eigenvalue weighted by molar-refractivity contribution is 5.95. The van der Waals surface area contributed by atoms with E-state index in [1.54, 1.807) is 10.8 Å². The molecule has 1 aromatic carbocycles. The van der Waals surface area contributed by atoms with Crippen LogP contribution in [0.3, 0.4) is 0 Å². The number of nitrogens with two attached hydrogens (primary N) is 1. The number of piperazine rings is 1. The first kappa shape index (κ1) is 21.4. The second-order valence-electron chi connectivity index (χ2n) is 8.97. The first-order valence-electron chi connectivity index (χ1n) is 11.5. The number of hydrogen-bond acceptors (Lipinski definition) is 7. The summed E-state index contributed by atoms with van der Waals surface area (Å²) in [5.74, 6) is -0.316. The Labute approximate surface area is 192 Å². The molecule has 5 rings (SSSR count). The minimum atomic E-state index is -0.726. The normalized spacial score (nSPS) is 17.5. The number of fused-ring (bicyclic) bond motifs is 1. The monoisotopic (exact) mass is 447 g/mol. The molecule has 0 radical (unpaired) electrons. The van der Waals surface area contributed by atoms with E-state index in [0.717, 1.165) is 57.5 Å². The third kappa shape index (κ3) is 4.28. The number of carbonyl (C=O) groups is 1. The second-order valence-corrected chi connectivity index (χ2v) is 8.97. The third-order valence-electron chi connectivity index (χ3n) is 6.72. The number of aromatic nitrogens is 3. The van der Waals surface area contributed by atoms with E-state index >= 15 is 0 Å². The summed E-state index contributed by atoms with van der Waals surface area (Å²) in [5, 5.41) is 3.88. The van der Waals surface area contributed by atoms with Gasteiger partial charge >= 0.3 is 0 Å². The Bertz CT molecular complexity index is 1220. The molecule has 0 spiro atoms. The number of nitrogens with one attached hydrogen (secondary N) is 1. The Balaban J connectivity index is 1.44. The predicted molar refractivity (Wildman–Crippen MR) is 129 cm³/mol. The average Bonchev–Trinajstić information content (AvgIpc) is 3.34. The molecule has 3 N–H and O–H groups in total. The molecule has 0 bridgehead atoms. The lowest BCUT2D eigenvalue weighted by atomic mass is 10.1. The smallest absolute Gasteiger partial charge is 0.265 e. The first-order chi connectivity index (χ1) is 16.0. The fraction of sp³-hybridized carbons (Fsp3) is 0.417. The van der Waals surface area contributed by atoms with Crippen molar-refractivity contribution in [2.45, 2.75) is 31.7 Å². The maximum Gasteiger partial charge on any atom is 0.265 e. The number of pyridine rings is 1. The molecule has 1 aliphatic heterocycles. The molecule has 1 saturated carbocycles. The van der Waals surface area contributed by atoms with Crippen LogP contribution in [0.2, 0.25) is 0 Å². The van der Waals surface area contributed by atoms with E-state index < -0.39 is 5.91 Å². The maximum atomic E-state index is 13.1. The molecule has 172 valence electrons. The molecule has 9 nitrogen and oxygen atoms in total. The van der Waals surface area contributed by atoms with Crippen molar-refractivity contribution in [2.24, 2.45) is 5.73 Å². The standard InChI is InChI=1S/C24H29N7O2/c1-29-10-12-30(13-11-29)18-8-6-17(7-9-18)27-24-26-15-16-14-20(21(25)32)23(33)31(22(16)28-24)19-4-2-3-5-19/h6-9,14-15,19H,2-5,10-13H2,1H3,(H2,25,32)(H,26,27,28). The minimum Gasteiger partial charge on any atom is -0.369 e. The molecule has 0 unspecified atom stereocenters. The van der Waals surface area contributed by atoms with Gasteiger partial charge in [0.05, 0.1) is 0 Å². The van der Waals surface area contributed by atoms with Gasteiger partial charge in [0.2, 0.25) is 5.95 Å². The van der Waals surface area contributed by atoms with Crippen LogP contribution < -0.4 is 21.5 Å². The predicted octanol–water partition coefficient (Wildman–Crippen LogP) is 2.50. The summed E-state index contributed by atoms with van der Waals surface area (Å²) < 4.78 is 1.64. The highest BCUT2D eigenvalue weighted by Gasteiger charge is 2.24. The van der Waals surface area contributed by atoms with E-state index in [1.165, 1.54) is 11.8 Å². The molecular formula is C24H29N7O2. The van der Waals surface area contributed by atoms with Crippen LogP contribution in [0.15, 0.2) is 41.3 Å². The molecule has 0 atom stereocenters. The fourth-order valence-corrected chi connectivity index (χ4v) is 4.81. The zero-order chi connectivity index (χ0) is 22.9. The van der Waals surface area contributed by atoms with Gasteiger partial charge in [0.25, 0.3) is 11.5 Å². The summed E-state index contributed by atoms with van der Waals surface area (Å²) >= 11 is 0. The van der Waals surface area contributed by atoms with Gasteiger partial charge in [-0.25, -0.2) is 4.98 Å². The summed E-state index contributed by atoms with van der Waals surface area (Å²) in [7, 11) is 2.15. The molecule has 1 saturated heterocycles. The lowest BCUT2D eigenvalue weighted by Crippen LogP contribution is -2.44. The van der Waals surface area contributed by atoms with Gasteiger partial charge < -0.3 is 20.9 Å². The average molecular weight is 448 g/mol. The Morgan fingerprint density at radius 2 is 1.79 bits per heavy atom. The summed E-state index contributed by atoms with van der Waals surface area (Å²) in [6.45, 7) is 4.16. The number of primary amides is 1. The van der Waals surface area contributed by atoms with Crippen molar-refractivity contribution in [3.8, 4) is 0 Å². The van der Waals surface area contributed by atoms with Crippen molar-refractivity contribution < 1.29 is 4.79 Å². The van der Waals surface area contributed by atoms with Crippen LogP contribution in [-0.2, 0) is 0 Å². The topological polar surface area (TPSA) is 109 Å². The molecule has 9 heteroatoms. The van der Waals surface area contributed by atoms with E-state index in [0.29, 0.717) is 17.0 Å². The lowest BCUT2D eigenvalue weighted by molar-refractivity contribution is 0.0998. The lowest BCUT2D eigenvalue weighted by Gasteiger charge is -2.34. The van der Waals surface area contributed by atoms with Crippen LogP contribution in [0.25, 0.3) is 11.0 Å². The van der Waals surface area contributed by atoms with E-state index in [2.05, 4.69) is 44.3 Å². The Kier molecular flexibility index (Phi) is 5.72. The number of hydrogen-bond donors (Lipinski definition) is 2. The summed E-state index contributed by atoms with van der Waals surface area (Å²) in [6, 6.07) is 9.75. The first-order valence-corrected chi connectivity index (χ1v) is 11.5. The van der Waals surface area contributed by atoms with E-state index in [9.17, 15) is 9.59 Å². The van der Waals surface area contributed by atoms with Gasteiger partial charge in [0.15, 0.2) is 0 Å². The van der Waals surface area contributed by atoms with Gasteiger partial charge in [-0.15, -0.1) is 0 Å². The summed E-state index contributed by atoms with van der Waals surface area (Å²) in [6.07, 6.45) is 5.51. The Hall–Kier alpha value is -3.46. The molecule has 3 heterocycles. The Morgan fingerprint density at radius 3 is 2.45 bits per heavy atom. The van der Waals surface area contributed by atoms with Crippen LogP contribution >= 0.6 is 0 Å². The van der Waals surface area contributed by atoms with E-state index in [4.69, 9.17) is 5.73 Å². The SMILES string of the molecule is CN1CCN(c2ccc(Nc3ncc4cc(C(N)=O)c(=O)n(C5CCCC5)c4n3)cc2)CC1. The van der Waals surface area contributed by atoms with Crippen LogP contribution in [0.4, 0.5) is 17.3 Å². The van der Waals surface area contributed by atoms with Gasteiger partial charge in [-0.2, -0.15) is 4.98 Å². The number of anilines is 3. The summed E-state index contributed by atoms with van der Waals surface area (Å²) in [5.41, 5.74) is 7.68. The minimum absolute atomic E-state index is 0.0156. The van der Waals surface area contributed by atoms with Crippen LogP contribution in [0.1, 0.15) is 42.1 Å². The van der Waals surface area contributed by atoms with E-state index in [1.807, 2.05) is 12.1 Å². The highest BCUT2D eigenvalue weighted by atomic mass is 16.2. The molecule has 1 aliphatic carbocycles. The second kappa shape index (κ2) is 8.82. The molecule has 2 aromatic heterocycles. The largest absolute Gasteiger partial charge is 0.369 e. The zero-order valence-electron chi connectivity index (χ0n) is 18.8. The van der Waals surface area contributed by atoms with E-state index in [-0.39, 0.29) is 17.2 Å². The van der Waals surface area contributed by atoms with Crippen LogP contribution in [-0.4, -0.2) is 58.6 Å².